The van der Waals surface area contributed by atoms with E-state index < -0.39 is 0 Å². The topological polar surface area (TPSA) is 72.8 Å². The summed E-state index contributed by atoms with van der Waals surface area (Å²) in [7, 11) is 0. The molecule has 6 heteroatoms. The largest absolute Gasteiger partial charge is 0.493 e. The molecular formula is C16H20N4OS. The van der Waals surface area contributed by atoms with E-state index in [9.17, 15) is 5.11 Å². The molecule has 1 aliphatic carbocycles. The summed E-state index contributed by atoms with van der Waals surface area (Å²) in [5, 5.41) is 22.6. The van der Waals surface area contributed by atoms with Crippen LogP contribution in [0.2, 0.25) is 0 Å². The van der Waals surface area contributed by atoms with Crippen molar-refractivity contribution in [1.29, 1.82) is 0 Å². The third-order valence-corrected chi connectivity index (χ3v) is 4.52. The van der Waals surface area contributed by atoms with Gasteiger partial charge in [-0.15, -0.1) is 10.2 Å². The molecule has 3 rings (SSSR count). The number of aromatic amines is 1. The minimum Gasteiger partial charge on any atom is -0.493 e. The Balaban J connectivity index is 1.72. The van der Waals surface area contributed by atoms with Crippen LogP contribution in [0, 0.1) is 5.92 Å². The van der Waals surface area contributed by atoms with Crippen LogP contribution in [-0.2, 0) is 0 Å². The van der Waals surface area contributed by atoms with Gasteiger partial charge in [0.2, 0.25) is 11.0 Å². The standard InChI is InChI=1S/C16H20N4OS/c1-10-6-2-4-8-12(10)18-16(22)20-19-14-11-7-3-5-9-13(11)17-15(14)21/h3,5,7,9-10,12,17,21H,2,4,6,8H2,1H3,(H,18,22)/t10-,12-/m1/s1. The van der Waals surface area contributed by atoms with E-state index in [2.05, 4.69) is 27.5 Å². The monoisotopic (exact) mass is 316 g/mol. The molecule has 0 unspecified atom stereocenters. The Labute approximate surface area is 134 Å². The fraction of sp³-hybridized carbons (Fsp3) is 0.438. The van der Waals surface area contributed by atoms with Crippen LogP contribution < -0.4 is 5.32 Å². The number of para-hydroxylation sites is 1. The lowest BCUT2D eigenvalue weighted by atomic mass is 9.86. The first-order chi connectivity index (χ1) is 10.6. The lowest BCUT2D eigenvalue weighted by Gasteiger charge is -2.29. The van der Waals surface area contributed by atoms with Crippen LogP contribution in [-0.4, -0.2) is 21.2 Å². The molecule has 1 heterocycles. The van der Waals surface area contributed by atoms with Gasteiger partial charge in [-0.1, -0.05) is 38.0 Å². The van der Waals surface area contributed by atoms with E-state index in [1.807, 2.05) is 24.3 Å². The number of H-pyrrole nitrogens is 1. The SMILES string of the molecule is C[C@@H]1CCCC[C@H]1NC(=S)N=Nc1c(O)[nH]c2ccccc12. The number of aromatic nitrogens is 1. The van der Waals surface area contributed by atoms with Crippen molar-refractivity contribution < 1.29 is 5.11 Å². The summed E-state index contributed by atoms with van der Waals surface area (Å²) in [4.78, 5) is 2.88. The average Bonchev–Trinajstić information content (AvgIpc) is 2.83. The highest BCUT2D eigenvalue weighted by Gasteiger charge is 2.21. The maximum absolute atomic E-state index is 9.94. The third kappa shape index (κ3) is 3.11. The van der Waals surface area contributed by atoms with E-state index in [4.69, 9.17) is 12.2 Å². The minimum absolute atomic E-state index is 0.0128. The molecule has 0 spiro atoms. The van der Waals surface area contributed by atoms with E-state index in [0.29, 0.717) is 22.8 Å². The van der Waals surface area contributed by atoms with Crippen molar-refractivity contribution in [3.63, 3.8) is 0 Å². The Morgan fingerprint density at radius 3 is 2.91 bits per heavy atom. The van der Waals surface area contributed by atoms with Gasteiger partial charge in [0, 0.05) is 11.4 Å². The highest BCUT2D eigenvalue weighted by Crippen LogP contribution is 2.35. The van der Waals surface area contributed by atoms with Crippen LogP contribution in [0.3, 0.4) is 0 Å². The van der Waals surface area contributed by atoms with Gasteiger partial charge in [-0.05, 0) is 37.0 Å². The van der Waals surface area contributed by atoms with Crippen molar-refractivity contribution in [2.75, 3.05) is 0 Å². The van der Waals surface area contributed by atoms with Gasteiger partial charge in [0.15, 0.2) is 5.69 Å². The van der Waals surface area contributed by atoms with Crippen molar-refractivity contribution in [2.24, 2.45) is 16.1 Å². The second-order valence-corrected chi connectivity index (χ2v) is 6.27. The summed E-state index contributed by atoms with van der Waals surface area (Å²) in [6.07, 6.45) is 4.86. The van der Waals surface area contributed by atoms with Crippen molar-refractivity contribution in [3.8, 4) is 5.88 Å². The first-order valence-corrected chi connectivity index (χ1v) is 8.08. The first kappa shape index (κ1) is 15.0. The molecule has 1 aliphatic rings. The lowest BCUT2D eigenvalue weighted by molar-refractivity contribution is 0.309. The van der Waals surface area contributed by atoms with Crippen LogP contribution in [0.1, 0.15) is 32.6 Å². The van der Waals surface area contributed by atoms with Crippen molar-refractivity contribution >= 4 is 33.9 Å². The van der Waals surface area contributed by atoms with Crippen molar-refractivity contribution in [2.45, 2.75) is 38.6 Å². The van der Waals surface area contributed by atoms with Gasteiger partial charge in [-0.25, -0.2) is 0 Å². The second-order valence-electron chi connectivity index (χ2n) is 5.89. The predicted molar refractivity (Wildman–Crippen MR) is 91.6 cm³/mol. The van der Waals surface area contributed by atoms with Crippen molar-refractivity contribution in [3.05, 3.63) is 24.3 Å². The fourth-order valence-corrected chi connectivity index (χ4v) is 3.22. The summed E-state index contributed by atoms with van der Waals surface area (Å²) in [5.74, 6) is 0.613. The summed E-state index contributed by atoms with van der Waals surface area (Å²) in [6.45, 7) is 2.24. The molecule has 0 amide bonds. The predicted octanol–water partition coefficient (Wildman–Crippen LogP) is 4.41. The highest BCUT2D eigenvalue weighted by molar-refractivity contribution is 7.80. The number of rotatable bonds is 2. The van der Waals surface area contributed by atoms with Crippen LogP contribution in [0.5, 0.6) is 5.88 Å². The number of nitrogens with one attached hydrogen (secondary N) is 2. The van der Waals surface area contributed by atoms with Crippen LogP contribution >= 0.6 is 12.2 Å². The molecule has 0 aliphatic heterocycles. The number of nitrogens with zero attached hydrogens (tertiary/aromatic N) is 2. The van der Waals surface area contributed by atoms with Gasteiger partial charge >= 0.3 is 0 Å². The Bertz CT molecular complexity index is 709. The van der Waals surface area contributed by atoms with Gasteiger partial charge in [0.25, 0.3) is 0 Å². The molecule has 1 aromatic heterocycles. The van der Waals surface area contributed by atoms with E-state index in [1.165, 1.54) is 19.3 Å². The summed E-state index contributed by atoms with van der Waals surface area (Å²) in [6, 6.07) is 7.94. The Kier molecular flexibility index (Phi) is 4.38. The van der Waals surface area contributed by atoms with Crippen LogP contribution in [0.15, 0.2) is 34.5 Å². The number of benzene rings is 1. The smallest absolute Gasteiger partial charge is 0.218 e. The molecular weight excluding hydrogens is 296 g/mol. The minimum atomic E-state index is 0.0128. The number of fused-ring (bicyclic) bond motifs is 1. The van der Waals surface area contributed by atoms with E-state index in [0.717, 1.165) is 17.3 Å². The zero-order valence-electron chi connectivity index (χ0n) is 12.5. The van der Waals surface area contributed by atoms with Crippen LogP contribution in [0.4, 0.5) is 5.69 Å². The third-order valence-electron chi connectivity index (χ3n) is 4.32. The number of aromatic hydroxyl groups is 1. The molecule has 0 radical (unpaired) electrons. The van der Waals surface area contributed by atoms with Gasteiger partial charge in [0.05, 0.1) is 5.52 Å². The summed E-state index contributed by atoms with van der Waals surface area (Å²) < 4.78 is 0. The quantitative estimate of drug-likeness (QED) is 0.567. The van der Waals surface area contributed by atoms with Gasteiger partial charge < -0.3 is 15.4 Å². The number of hydrogen-bond donors (Lipinski definition) is 3. The summed E-state index contributed by atoms with van der Waals surface area (Å²) in [5.41, 5.74) is 1.25. The number of hydrogen-bond acceptors (Lipinski definition) is 3. The number of azo groups is 1. The first-order valence-electron chi connectivity index (χ1n) is 7.67. The molecule has 0 bridgehead atoms. The zero-order valence-corrected chi connectivity index (χ0v) is 13.4. The van der Waals surface area contributed by atoms with E-state index in [-0.39, 0.29) is 5.88 Å². The molecule has 2 atom stereocenters. The Morgan fingerprint density at radius 2 is 2.09 bits per heavy atom. The highest BCUT2D eigenvalue weighted by atomic mass is 32.1. The molecule has 22 heavy (non-hydrogen) atoms. The maximum atomic E-state index is 9.94. The molecule has 2 aromatic rings. The Hall–Kier alpha value is -1.95. The van der Waals surface area contributed by atoms with E-state index in [1.54, 1.807) is 0 Å². The molecule has 1 saturated carbocycles. The lowest BCUT2D eigenvalue weighted by Crippen LogP contribution is -2.39. The molecule has 3 N–H and O–H groups in total. The number of thiocarbonyl (C=S) groups is 1. The maximum Gasteiger partial charge on any atom is 0.218 e. The average molecular weight is 316 g/mol. The normalized spacial score (nSPS) is 22.2. The molecule has 1 aromatic carbocycles. The molecule has 116 valence electrons. The van der Waals surface area contributed by atoms with Crippen LogP contribution in [0.25, 0.3) is 10.9 Å². The summed E-state index contributed by atoms with van der Waals surface area (Å²) >= 11 is 5.26. The fourth-order valence-electron chi connectivity index (χ4n) is 3.03. The molecule has 1 fully saturated rings. The van der Waals surface area contributed by atoms with Gasteiger partial charge in [0.1, 0.15) is 0 Å². The molecule has 5 nitrogen and oxygen atoms in total. The van der Waals surface area contributed by atoms with E-state index >= 15 is 0 Å². The molecule has 0 saturated heterocycles. The second kappa shape index (κ2) is 6.44. The van der Waals surface area contributed by atoms with Gasteiger partial charge in [-0.3, -0.25) is 0 Å². The van der Waals surface area contributed by atoms with Crippen molar-refractivity contribution in [1.82, 2.24) is 10.3 Å². The van der Waals surface area contributed by atoms with Gasteiger partial charge in [-0.2, -0.15) is 0 Å². The zero-order chi connectivity index (χ0) is 15.5. The Morgan fingerprint density at radius 1 is 1.32 bits per heavy atom.